The van der Waals surface area contributed by atoms with Crippen LogP contribution in [0.15, 0.2) is 122 Å². The Kier molecular flexibility index (Phi) is 54.3. The number of hydrogen-bond donors (Lipinski definition) is 6. The van der Waals surface area contributed by atoms with Gasteiger partial charge < -0.3 is 45.1 Å². The molecule has 11 nitrogen and oxygen atoms in total. The highest BCUT2D eigenvalue weighted by atomic mass is 16.7. The normalized spacial score (nSPS) is 19.3. The van der Waals surface area contributed by atoms with Gasteiger partial charge in [-0.2, -0.15) is 0 Å². The van der Waals surface area contributed by atoms with Crippen molar-refractivity contribution in [1.82, 2.24) is 5.32 Å². The highest BCUT2D eigenvalue weighted by Crippen LogP contribution is 2.26. The number of amides is 1. The number of nitrogens with one attached hydrogen (secondary N) is 1. The van der Waals surface area contributed by atoms with Gasteiger partial charge >= 0.3 is 5.97 Å². The molecule has 0 saturated carbocycles. The molecule has 474 valence electrons. The molecule has 8 atom stereocenters. The highest BCUT2D eigenvalue weighted by Gasteiger charge is 2.47. The van der Waals surface area contributed by atoms with Crippen LogP contribution in [0.25, 0.3) is 0 Å². The average Bonchev–Trinajstić information content (AvgIpc) is 3.67. The first-order chi connectivity index (χ1) is 40.7. The predicted molar refractivity (Wildman–Crippen MR) is 347 cm³/mol. The summed E-state index contributed by atoms with van der Waals surface area (Å²) in [6.45, 7) is 5.62. The van der Waals surface area contributed by atoms with E-state index in [1.807, 2.05) is 12.2 Å². The van der Waals surface area contributed by atoms with Crippen molar-refractivity contribution in [1.29, 1.82) is 0 Å². The minimum atomic E-state index is -1.64. The molecule has 1 aliphatic rings. The topological polar surface area (TPSA) is 175 Å². The van der Waals surface area contributed by atoms with E-state index in [-0.39, 0.29) is 19.4 Å². The van der Waals surface area contributed by atoms with Crippen molar-refractivity contribution in [3.05, 3.63) is 122 Å². The van der Waals surface area contributed by atoms with Gasteiger partial charge in [0.25, 0.3) is 0 Å². The van der Waals surface area contributed by atoms with Gasteiger partial charge in [0.05, 0.1) is 25.4 Å². The fourth-order valence-electron chi connectivity index (χ4n) is 9.61. The number of rotatable bonds is 55. The molecule has 0 aromatic carbocycles. The zero-order valence-corrected chi connectivity index (χ0v) is 52.5. The molecule has 1 fully saturated rings. The van der Waals surface area contributed by atoms with E-state index in [1.165, 1.54) is 89.9 Å². The van der Waals surface area contributed by atoms with Crippen molar-refractivity contribution >= 4 is 11.9 Å². The molecule has 6 N–H and O–H groups in total. The number of carbonyl (C=O) groups excluding carboxylic acids is 2. The molecular weight excluding hydrogens is 1040 g/mol. The Hall–Kier alpha value is -3.94. The summed E-state index contributed by atoms with van der Waals surface area (Å²) in [6.07, 6.45) is 70.9. The number of unbranched alkanes of at least 4 members (excludes halogenated alkanes) is 23. The molecule has 0 aromatic rings. The zero-order chi connectivity index (χ0) is 60.3. The van der Waals surface area contributed by atoms with Crippen LogP contribution in [-0.4, -0.2) is 99.6 Å². The zero-order valence-electron chi connectivity index (χ0n) is 52.5. The number of ether oxygens (including phenoxy) is 3. The Morgan fingerprint density at radius 2 is 0.867 bits per heavy atom. The van der Waals surface area contributed by atoms with E-state index in [2.05, 4.69) is 129 Å². The summed E-state index contributed by atoms with van der Waals surface area (Å²) in [6, 6.07) is -1.05. The average molecular weight is 1160 g/mol. The predicted octanol–water partition coefficient (Wildman–Crippen LogP) is 16.6. The summed E-state index contributed by atoms with van der Waals surface area (Å²) in [7, 11) is 0. The first-order valence-electron chi connectivity index (χ1n) is 33.3. The Balaban J connectivity index is 2.68. The van der Waals surface area contributed by atoms with E-state index in [0.29, 0.717) is 19.3 Å². The molecule has 0 radical (unpaired) electrons. The molecule has 0 aliphatic carbocycles. The van der Waals surface area contributed by atoms with E-state index in [4.69, 9.17) is 14.2 Å². The van der Waals surface area contributed by atoms with Gasteiger partial charge in [-0.05, 0) is 109 Å². The van der Waals surface area contributed by atoms with E-state index in [9.17, 15) is 35.1 Å². The minimum Gasteiger partial charge on any atom is -0.454 e. The van der Waals surface area contributed by atoms with Crippen LogP contribution in [0.3, 0.4) is 0 Å². The van der Waals surface area contributed by atoms with Crippen LogP contribution in [0.4, 0.5) is 0 Å². The summed E-state index contributed by atoms with van der Waals surface area (Å²) in [5, 5.41) is 57.1. The van der Waals surface area contributed by atoms with Gasteiger partial charge in [0, 0.05) is 6.42 Å². The van der Waals surface area contributed by atoms with Gasteiger partial charge in [0.15, 0.2) is 12.4 Å². The molecule has 83 heavy (non-hydrogen) atoms. The quantitative estimate of drug-likeness (QED) is 0.0195. The summed E-state index contributed by atoms with van der Waals surface area (Å²) in [5.74, 6) is -1.27. The summed E-state index contributed by atoms with van der Waals surface area (Å²) in [4.78, 5) is 26.6. The van der Waals surface area contributed by atoms with Crippen molar-refractivity contribution in [2.45, 2.75) is 307 Å². The maximum atomic E-state index is 13.5. The van der Waals surface area contributed by atoms with E-state index < -0.39 is 67.4 Å². The third kappa shape index (κ3) is 46.0. The molecular formula is C72H121NO10. The van der Waals surface area contributed by atoms with Crippen LogP contribution < -0.4 is 5.32 Å². The first kappa shape index (κ1) is 77.1. The summed E-state index contributed by atoms with van der Waals surface area (Å²) >= 11 is 0. The van der Waals surface area contributed by atoms with Crippen LogP contribution in [0.5, 0.6) is 0 Å². The van der Waals surface area contributed by atoms with E-state index in [0.717, 1.165) is 116 Å². The van der Waals surface area contributed by atoms with E-state index >= 15 is 0 Å². The second-order valence-electron chi connectivity index (χ2n) is 22.5. The van der Waals surface area contributed by atoms with Crippen LogP contribution in [0, 0.1) is 0 Å². The largest absolute Gasteiger partial charge is 0.454 e. The first-order valence-corrected chi connectivity index (χ1v) is 33.3. The number of aliphatic hydroxyl groups excluding tert-OH is 5. The standard InChI is InChI=1S/C72H121NO10/c1-4-7-10-13-16-19-22-25-27-29-30-31-32-33-34-35-37-38-41-44-47-50-53-56-59-65(76)71(80)73-63(64(75)58-55-52-49-46-43-40-24-21-18-15-12-9-6-3)62-81-72-70(69(79)68(78)66(61-74)82-72)83-67(77)60-57-54-51-48-45-42-39-36-28-26-23-20-17-14-11-8-5-2/h7,10,16-17,19-20,25-28,30-31,33-34,39,42,48,51,55,58,63-66,68-70,72,74-76,78-79H,4-6,8-9,11-15,18,21-24,29,32,35-38,40-41,43-47,49-50,52-54,56-57,59-62H2,1-3H3,(H,73,80)/b10-7-,19-16-,20-17-,27-25-,28-26-,31-30-,34-33-,42-39-,51-48-,58-55+. The Morgan fingerprint density at radius 1 is 0.482 bits per heavy atom. The molecule has 8 unspecified atom stereocenters. The molecule has 1 heterocycles. The molecule has 0 aromatic heterocycles. The number of allylic oxidation sites excluding steroid dienone is 19. The molecule has 0 spiro atoms. The Bertz CT molecular complexity index is 1810. The lowest BCUT2D eigenvalue weighted by atomic mass is 9.99. The van der Waals surface area contributed by atoms with Crippen molar-refractivity contribution in [2.75, 3.05) is 13.2 Å². The molecule has 0 bridgehead atoms. The van der Waals surface area contributed by atoms with Crippen molar-refractivity contribution in [3.8, 4) is 0 Å². The number of aliphatic hydroxyl groups is 5. The maximum absolute atomic E-state index is 13.5. The van der Waals surface area contributed by atoms with Crippen molar-refractivity contribution in [3.63, 3.8) is 0 Å². The SMILES string of the molecule is CC/C=C\C/C=C\C/C=C\C/C=C\C/C=C\CCCCCCCCCCC(O)C(=O)NC(COC1OC(CO)C(O)C(O)C1OC(=O)CCC/C=C\C/C=C\C/C=C\C/C=C\CCCCC)C(O)/C=C/CCCCCCCCCCCCC. The number of carbonyl (C=O) groups is 2. The molecule has 11 heteroatoms. The number of hydrogen-bond acceptors (Lipinski definition) is 10. The second kappa shape index (κ2) is 58.4. The fraction of sp³-hybridized carbons (Fsp3) is 0.694. The summed E-state index contributed by atoms with van der Waals surface area (Å²) < 4.78 is 17.6. The van der Waals surface area contributed by atoms with E-state index in [1.54, 1.807) is 6.08 Å². The third-order valence-electron chi connectivity index (χ3n) is 14.8. The van der Waals surface area contributed by atoms with Crippen molar-refractivity contribution in [2.24, 2.45) is 0 Å². The fourth-order valence-corrected chi connectivity index (χ4v) is 9.61. The van der Waals surface area contributed by atoms with Crippen molar-refractivity contribution < 1.29 is 49.3 Å². The molecule has 1 saturated heterocycles. The lowest BCUT2D eigenvalue weighted by molar-refractivity contribution is -0.305. The van der Waals surface area contributed by atoms with Gasteiger partial charge in [-0.15, -0.1) is 0 Å². The Labute approximate surface area is 506 Å². The monoisotopic (exact) mass is 1160 g/mol. The van der Waals surface area contributed by atoms with Gasteiger partial charge in [-0.3, -0.25) is 9.59 Å². The lowest BCUT2D eigenvalue weighted by Crippen LogP contribution is -2.61. The molecule has 1 rings (SSSR count). The second-order valence-corrected chi connectivity index (χ2v) is 22.5. The van der Waals surface area contributed by atoms with Crippen LogP contribution in [-0.2, 0) is 23.8 Å². The molecule has 1 amide bonds. The highest BCUT2D eigenvalue weighted by molar-refractivity contribution is 5.80. The maximum Gasteiger partial charge on any atom is 0.306 e. The third-order valence-corrected chi connectivity index (χ3v) is 14.8. The molecule has 1 aliphatic heterocycles. The minimum absolute atomic E-state index is 0.0413. The van der Waals surface area contributed by atoms with Gasteiger partial charge in [0.2, 0.25) is 5.91 Å². The van der Waals surface area contributed by atoms with Gasteiger partial charge in [0.1, 0.15) is 24.4 Å². The van der Waals surface area contributed by atoms with Crippen LogP contribution >= 0.6 is 0 Å². The smallest absolute Gasteiger partial charge is 0.306 e. The number of esters is 1. The van der Waals surface area contributed by atoms with Gasteiger partial charge in [-0.1, -0.05) is 264 Å². The Morgan fingerprint density at radius 3 is 1.33 bits per heavy atom. The van der Waals surface area contributed by atoms with Gasteiger partial charge in [-0.25, -0.2) is 0 Å². The summed E-state index contributed by atoms with van der Waals surface area (Å²) in [5.41, 5.74) is 0. The van der Waals surface area contributed by atoms with Crippen LogP contribution in [0.2, 0.25) is 0 Å². The lowest BCUT2D eigenvalue weighted by Gasteiger charge is -2.41. The van der Waals surface area contributed by atoms with Crippen LogP contribution in [0.1, 0.15) is 258 Å².